The molecule has 2 aliphatic rings. The molecule has 2 unspecified atom stereocenters. The Hall–Kier alpha value is -4.52. The van der Waals surface area contributed by atoms with E-state index in [9.17, 15) is 14.4 Å². The molecular formula is C38H42N2O5. The molecule has 1 heterocycles. The molecule has 234 valence electrons. The number of ether oxygens (including phenoxy) is 1. The predicted molar refractivity (Wildman–Crippen MR) is 177 cm³/mol. The molecule has 3 aromatic carbocycles. The summed E-state index contributed by atoms with van der Waals surface area (Å²) >= 11 is 0. The second-order valence-corrected chi connectivity index (χ2v) is 13.2. The molecular weight excluding hydrogens is 564 g/mol. The Kier molecular flexibility index (Phi) is 9.66. The molecule has 1 saturated carbocycles. The van der Waals surface area contributed by atoms with Gasteiger partial charge in [0.15, 0.2) is 0 Å². The minimum atomic E-state index is -0.978. The van der Waals surface area contributed by atoms with Crippen molar-refractivity contribution in [2.45, 2.75) is 64.3 Å². The van der Waals surface area contributed by atoms with Gasteiger partial charge in [-0.25, -0.2) is 0 Å². The second-order valence-electron chi connectivity index (χ2n) is 13.2. The first-order chi connectivity index (χ1) is 21.6. The fourth-order valence-electron chi connectivity index (χ4n) is 6.81. The van der Waals surface area contributed by atoms with Crippen LogP contribution in [0, 0.1) is 17.3 Å². The maximum Gasteiger partial charge on any atom is 0.321 e. The fourth-order valence-corrected chi connectivity index (χ4v) is 6.81. The van der Waals surface area contributed by atoms with E-state index in [0.717, 1.165) is 36.8 Å². The zero-order chi connectivity index (χ0) is 32.0. The van der Waals surface area contributed by atoms with Gasteiger partial charge in [0.05, 0.1) is 12.0 Å². The van der Waals surface area contributed by atoms with Crippen LogP contribution in [0.5, 0.6) is 5.75 Å². The van der Waals surface area contributed by atoms with Crippen molar-refractivity contribution >= 4 is 24.1 Å². The average Bonchev–Trinajstić information content (AvgIpc) is 3.52. The SMILES string of the molecule is CC(C)(C)C1CCC(C2(C(C(=O)Oc3ccc(-c4ccccc4)cc3)c3ccc(C(=O)NCCC(=O)O)cc3)C=CC=N2)CC1. The van der Waals surface area contributed by atoms with Gasteiger partial charge in [0, 0.05) is 18.3 Å². The van der Waals surface area contributed by atoms with Crippen LogP contribution >= 0.6 is 0 Å². The van der Waals surface area contributed by atoms with Gasteiger partial charge in [-0.1, -0.05) is 81.4 Å². The van der Waals surface area contributed by atoms with Crippen molar-refractivity contribution in [1.29, 1.82) is 0 Å². The van der Waals surface area contributed by atoms with E-state index in [4.69, 9.17) is 14.8 Å². The second kappa shape index (κ2) is 13.6. The third-order valence-corrected chi connectivity index (χ3v) is 9.36. The summed E-state index contributed by atoms with van der Waals surface area (Å²) in [5.41, 5.74) is 2.62. The number of carboxylic acid groups (broad SMARTS) is 1. The average molecular weight is 607 g/mol. The highest BCUT2D eigenvalue weighted by molar-refractivity contribution is 5.94. The van der Waals surface area contributed by atoms with E-state index in [1.165, 1.54) is 0 Å². The zero-order valence-electron chi connectivity index (χ0n) is 26.2. The number of carbonyl (C=O) groups is 3. The third kappa shape index (κ3) is 7.42. The van der Waals surface area contributed by atoms with Crippen molar-refractivity contribution in [2.24, 2.45) is 22.2 Å². The molecule has 7 heteroatoms. The Morgan fingerprint density at radius 2 is 1.56 bits per heavy atom. The molecule has 0 aromatic heterocycles. The molecule has 0 bridgehead atoms. The monoisotopic (exact) mass is 606 g/mol. The predicted octanol–water partition coefficient (Wildman–Crippen LogP) is 7.48. The molecule has 0 saturated heterocycles. The van der Waals surface area contributed by atoms with Crippen LogP contribution in [-0.4, -0.2) is 41.3 Å². The molecule has 1 aliphatic heterocycles. The van der Waals surface area contributed by atoms with Crippen LogP contribution in [0.15, 0.2) is 96.0 Å². The highest BCUT2D eigenvalue weighted by atomic mass is 16.5. The summed E-state index contributed by atoms with van der Waals surface area (Å²) in [6.07, 6.45) is 9.64. The van der Waals surface area contributed by atoms with Gasteiger partial charge in [0.2, 0.25) is 0 Å². The minimum Gasteiger partial charge on any atom is -0.481 e. The molecule has 1 amide bonds. The highest BCUT2D eigenvalue weighted by Crippen LogP contribution is 2.50. The number of nitrogens with zero attached hydrogens (tertiary/aromatic N) is 1. The van der Waals surface area contributed by atoms with E-state index in [2.05, 4.69) is 32.2 Å². The number of rotatable bonds is 10. The Balaban J connectivity index is 1.44. The molecule has 2 atom stereocenters. The topological polar surface area (TPSA) is 105 Å². The van der Waals surface area contributed by atoms with Gasteiger partial charge in [0.25, 0.3) is 5.91 Å². The largest absolute Gasteiger partial charge is 0.481 e. The van der Waals surface area contributed by atoms with Gasteiger partial charge in [-0.15, -0.1) is 0 Å². The number of carboxylic acids is 1. The number of hydrogen-bond donors (Lipinski definition) is 2. The van der Waals surface area contributed by atoms with Crippen LogP contribution in [0.3, 0.4) is 0 Å². The maximum absolute atomic E-state index is 14.3. The number of nitrogens with one attached hydrogen (secondary N) is 1. The van der Waals surface area contributed by atoms with E-state index in [-0.39, 0.29) is 30.2 Å². The molecule has 7 nitrogen and oxygen atoms in total. The number of amides is 1. The number of aliphatic imine (C=N–C) groups is 1. The van der Waals surface area contributed by atoms with E-state index in [1.54, 1.807) is 30.5 Å². The number of aliphatic carboxylic acids is 1. The van der Waals surface area contributed by atoms with Crippen LogP contribution in [0.2, 0.25) is 0 Å². The zero-order valence-corrected chi connectivity index (χ0v) is 26.2. The number of hydrogen-bond acceptors (Lipinski definition) is 5. The van der Waals surface area contributed by atoms with Gasteiger partial charge >= 0.3 is 11.9 Å². The van der Waals surface area contributed by atoms with E-state index < -0.39 is 23.4 Å². The Bertz CT molecular complexity index is 1530. The first-order valence-electron chi connectivity index (χ1n) is 15.8. The molecule has 0 radical (unpaired) electrons. The first kappa shape index (κ1) is 31.9. The third-order valence-electron chi connectivity index (χ3n) is 9.36. The van der Waals surface area contributed by atoms with Gasteiger partial charge in [-0.3, -0.25) is 19.4 Å². The molecule has 1 aliphatic carbocycles. The minimum absolute atomic E-state index is 0.0355. The molecule has 45 heavy (non-hydrogen) atoms. The Labute approximate surface area is 265 Å². The van der Waals surface area contributed by atoms with E-state index in [1.807, 2.05) is 60.7 Å². The highest BCUT2D eigenvalue weighted by Gasteiger charge is 2.51. The molecule has 5 rings (SSSR count). The summed E-state index contributed by atoms with van der Waals surface area (Å²) in [6, 6.07) is 24.5. The van der Waals surface area contributed by atoms with Crippen molar-refractivity contribution in [1.82, 2.24) is 5.32 Å². The van der Waals surface area contributed by atoms with Gasteiger partial charge in [-0.2, -0.15) is 0 Å². The molecule has 0 spiro atoms. The summed E-state index contributed by atoms with van der Waals surface area (Å²) < 4.78 is 6.10. The lowest BCUT2D eigenvalue weighted by Crippen LogP contribution is -2.46. The summed E-state index contributed by atoms with van der Waals surface area (Å²) in [5, 5.41) is 11.5. The summed E-state index contributed by atoms with van der Waals surface area (Å²) in [6.45, 7) is 6.92. The number of benzene rings is 3. The van der Waals surface area contributed by atoms with Gasteiger partial charge < -0.3 is 15.2 Å². The van der Waals surface area contributed by atoms with Crippen LogP contribution in [-0.2, 0) is 9.59 Å². The lowest BCUT2D eigenvalue weighted by Gasteiger charge is -2.44. The summed E-state index contributed by atoms with van der Waals surface area (Å²) in [7, 11) is 0. The molecule has 1 fully saturated rings. The van der Waals surface area contributed by atoms with E-state index in [0.29, 0.717) is 22.8 Å². The van der Waals surface area contributed by atoms with Crippen molar-refractivity contribution in [3.63, 3.8) is 0 Å². The first-order valence-corrected chi connectivity index (χ1v) is 15.8. The number of carbonyl (C=O) groups excluding carboxylic acids is 2. The molecule has 3 aromatic rings. The summed E-state index contributed by atoms with van der Waals surface area (Å²) in [5.74, 6) is -1.28. The summed E-state index contributed by atoms with van der Waals surface area (Å²) in [4.78, 5) is 42.8. The van der Waals surface area contributed by atoms with Gasteiger partial charge in [-0.05, 0) is 90.0 Å². The molecule has 2 N–H and O–H groups in total. The maximum atomic E-state index is 14.3. The number of esters is 1. The lowest BCUT2D eigenvalue weighted by atomic mass is 9.62. The smallest absolute Gasteiger partial charge is 0.321 e. The van der Waals surface area contributed by atoms with E-state index >= 15 is 0 Å². The number of allylic oxidation sites excluding steroid dienone is 1. The van der Waals surface area contributed by atoms with Crippen LogP contribution < -0.4 is 10.1 Å². The van der Waals surface area contributed by atoms with Gasteiger partial charge in [0.1, 0.15) is 11.7 Å². The normalized spacial score (nSPS) is 21.7. The lowest BCUT2D eigenvalue weighted by molar-refractivity contribution is -0.138. The fraction of sp³-hybridized carbons (Fsp3) is 0.368. The van der Waals surface area contributed by atoms with Crippen LogP contribution in [0.4, 0.5) is 0 Å². The standard InChI is InChI=1S/C38H42N2O5/c1-37(2,3)30-16-18-31(19-17-30)38(23-7-24-40-38)34(28-10-12-29(13-11-28)35(43)39-25-22-33(41)42)36(44)45-32-20-14-27(15-21-32)26-8-5-4-6-9-26/h4-15,20-21,23-24,30-31,34H,16-19,22,25H2,1-3H3,(H,39,43)(H,41,42). The van der Waals surface area contributed by atoms with Crippen molar-refractivity contribution < 1.29 is 24.2 Å². The quantitative estimate of drug-likeness (QED) is 0.184. The van der Waals surface area contributed by atoms with Crippen LogP contribution in [0.25, 0.3) is 11.1 Å². The van der Waals surface area contributed by atoms with Crippen molar-refractivity contribution in [3.05, 3.63) is 102 Å². The van der Waals surface area contributed by atoms with Crippen molar-refractivity contribution in [3.8, 4) is 16.9 Å². The van der Waals surface area contributed by atoms with Crippen molar-refractivity contribution in [2.75, 3.05) is 6.54 Å². The Morgan fingerprint density at radius 3 is 2.13 bits per heavy atom. The Morgan fingerprint density at radius 1 is 0.911 bits per heavy atom. The van der Waals surface area contributed by atoms with Crippen LogP contribution in [0.1, 0.15) is 74.7 Å².